The Balaban J connectivity index is 2.10. The summed E-state index contributed by atoms with van der Waals surface area (Å²) >= 11 is 11.8. The van der Waals surface area contributed by atoms with E-state index in [0.717, 1.165) is 4.90 Å². The highest BCUT2D eigenvalue weighted by Crippen LogP contribution is 2.25. The SMILES string of the molecule is CN(CCNC(=O)c1ccccc1Nc1nc(Cl)ncc1Cl)C(=O)O. The van der Waals surface area contributed by atoms with E-state index in [4.69, 9.17) is 28.3 Å². The van der Waals surface area contributed by atoms with Crippen molar-refractivity contribution in [2.75, 3.05) is 25.5 Å². The summed E-state index contributed by atoms with van der Waals surface area (Å²) in [5, 5.41) is 14.7. The summed E-state index contributed by atoms with van der Waals surface area (Å²) in [5.41, 5.74) is 0.828. The summed E-state index contributed by atoms with van der Waals surface area (Å²) in [7, 11) is 1.42. The summed E-state index contributed by atoms with van der Waals surface area (Å²) in [6.45, 7) is 0.347. The molecule has 0 atom stereocenters. The van der Waals surface area contributed by atoms with Crippen LogP contribution in [0, 0.1) is 0 Å². The van der Waals surface area contributed by atoms with Crippen LogP contribution in [-0.2, 0) is 0 Å². The lowest BCUT2D eigenvalue weighted by molar-refractivity contribution is 0.0947. The standard InChI is InChI=1S/C15H15Cl2N5O3/c1-22(15(24)25)7-6-18-13(23)9-4-2-3-5-11(9)20-12-10(16)8-19-14(17)21-12/h2-5,8H,6-7H2,1H3,(H,18,23)(H,24,25)(H,19,20,21). The minimum Gasteiger partial charge on any atom is -0.465 e. The van der Waals surface area contributed by atoms with Gasteiger partial charge in [0.15, 0.2) is 5.82 Å². The number of hydrogen-bond acceptors (Lipinski definition) is 5. The Morgan fingerprint density at radius 1 is 1.28 bits per heavy atom. The van der Waals surface area contributed by atoms with Crippen LogP contribution in [0.15, 0.2) is 30.5 Å². The molecule has 0 unspecified atom stereocenters. The molecule has 0 saturated heterocycles. The first-order chi connectivity index (χ1) is 11.9. The third-order valence-corrected chi connectivity index (χ3v) is 3.66. The molecule has 0 fully saturated rings. The Hall–Kier alpha value is -2.58. The number of nitrogens with one attached hydrogen (secondary N) is 2. The van der Waals surface area contributed by atoms with Gasteiger partial charge in [0.2, 0.25) is 5.28 Å². The van der Waals surface area contributed by atoms with Gasteiger partial charge in [0.25, 0.3) is 5.91 Å². The fourth-order valence-electron chi connectivity index (χ4n) is 1.88. The van der Waals surface area contributed by atoms with E-state index in [1.54, 1.807) is 24.3 Å². The Morgan fingerprint density at radius 3 is 2.72 bits per heavy atom. The van der Waals surface area contributed by atoms with Gasteiger partial charge in [0, 0.05) is 20.1 Å². The van der Waals surface area contributed by atoms with E-state index in [1.807, 2.05) is 0 Å². The molecule has 2 aromatic rings. The topological polar surface area (TPSA) is 107 Å². The van der Waals surface area contributed by atoms with Gasteiger partial charge in [0.1, 0.15) is 5.02 Å². The molecule has 10 heteroatoms. The number of aromatic nitrogens is 2. The number of nitrogens with zero attached hydrogens (tertiary/aromatic N) is 3. The zero-order valence-corrected chi connectivity index (χ0v) is 14.7. The van der Waals surface area contributed by atoms with Crippen molar-refractivity contribution in [1.29, 1.82) is 0 Å². The van der Waals surface area contributed by atoms with Crippen LogP contribution in [-0.4, -0.2) is 52.1 Å². The van der Waals surface area contributed by atoms with Crippen molar-refractivity contribution in [2.24, 2.45) is 0 Å². The maximum absolute atomic E-state index is 12.4. The van der Waals surface area contributed by atoms with Crippen LogP contribution < -0.4 is 10.6 Å². The lowest BCUT2D eigenvalue weighted by Gasteiger charge is -2.15. The summed E-state index contributed by atoms with van der Waals surface area (Å²) in [4.78, 5) is 31.9. The maximum atomic E-state index is 12.4. The van der Waals surface area contributed by atoms with Gasteiger partial charge >= 0.3 is 6.09 Å². The smallest absolute Gasteiger partial charge is 0.407 e. The molecule has 0 aliphatic heterocycles. The van der Waals surface area contributed by atoms with Crippen LogP contribution in [0.3, 0.4) is 0 Å². The van der Waals surface area contributed by atoms with Gasteiger partial charge in [-0.25, -0.2) is 9.78 Å². The number of benzene rings is 1. The molecule has 0 aliphatic rings. The Bertz CT molecular complexity index is 788. The van der Waals surface area contributed by atoms with Crippen molar-refractivity contribution in [2.45, 2.75) is 0 Å². The molecule has 1 heterocycles. The van der Waals surface area contributed by atoms with Crippen molar-refractivity contribution in [3.63, 3.8) is 0 Å². The van der Waals surface area contributed by atoms with E-state index in [-0.39, 0.29) is 35.1 Å². The van der Waals surface area contributed by atoms with Crippen molar-refractivity contribution in [3.05, 3.63) is 46.3 Å². The lowest BCUT2D eigenvalue weighted by atomic mass is 10.1. The number of hydrogen-bond donors (Lipinski definition) is 3. The first-order valence-corrected chi connectivity index (χ1v) is 7.90. The highest BCUT2D eigenvalue weighted by atomic mass is 35.5. The van der Waals surface area contributed by atoms with E-state index in [9.17, 15) is 9.59 Å². The summed E-state index contributed by atoms with van der Waals surface area (Å²) in [6, 6.07) is 6.76. The predicted molar refractivity (Wildman–Crippen MR) is 94.8 cm³/mol. The third kappa shape index (κ3) is 5.20. The molecule has 3 N–H and O–H groups in total. The molecule has 0 saturated carbocycles. The van der Waals surface area contributed by atoms with E-state index in [1.165, 1.54) is 13.2 Å². The molecule has 1 aromatic heterocycles. The highest BCUT2D eigenvalue weighted by molar-refractivity contribution is 6.33. The minimum atomic E-state index is -1.06. The number of carbonyl (C=O) groups is 2. The number of likely N-dealkylation sites (N-methyl/N-ethyl adjacent to an activating group) is 1. The Morgan fingerprint density at radius 2 is 2.00 bits per heavy atom. The quantitative estimate of drug-likeness (QED) is 0.661. The first kappa shape index (κ1) is 18.8. The molecule has 0 radical (unpaired) electrons. The average molecular weight is 384 g/mol. The van der Waals surface area contributed by atoms with E-state index in [2.05, 4.69) is 20.6 Å². The Kier molecular flexibility index (Phi) is 6.37. The van der Waals surface area contributed by atoms with Gasteiger partial charge < -0.3 is 20.6 Å². The molecule has 25 heavy (non-hydrogen) atoms. The van der Waals surface area contributed by atoms with Crippen molar-refractivity contribution < 1.29 is 14.7 Å². The molecular formula is C15H15Cl2N5O3. The van der Waals surface area contributed by atoms with Gasteiger partial charge in [-0.1, -0.05) is 23.7 Å². The van der Waals surface area contributed by atoms with Gasteiger partial charge in [0.05, 0.1) is 17.4 Å². The molecule has 1 aromatic carbocycles. The Labute approximate surface area is 153 Å². The summed E-state index contributed by atoms with van der Waals surface area (Å²) < 4.78 is 0. The number of carbonyl (C=O) groups excluding carboxylic acids is 1. The van der Waals surface area contributed by atoms with Gasteiger partial charge in [-0.2, -0.15) is 4.98 Å². The van der Waals surface area contributed by atoms with Crippen LogP contribution in [0.2, 0.25) is 10.3 Å². The molecule has 132 valence electrons. The van der Waals surface area contributed by atoms with Crippen LogP contribution >= 0.6 is 23.2 Å². The lowest BCUT2D eigenvalue weighted by Crippen LogP contribution is -2.35. The molecule has 2 rings (SSSR count). The normalized spacial score (nSPS) is 10.2. The number of carboxylic acid groups (broad SMARTS) is 1. The highest BCUT2D eigenvalue weighted by Gasteiger charge is 2.13. The number of anilines is 2. The van der Waals surface area contributed by atoms with Crippen LogP contribution in [0.25, 0.3) is 0 Å². The van der Waals surface area contributed by atoms with E-state index >= 15 is 0 Å². The summed E-state index contributed by atoms with van der Waals surface area (Å²) in [5.74, 6) is -0.0920. The maximum Gasteiger partial charge on any atom is 0.407 e. The molecular weight excluding hydrogens is 369 g/mol. The zero-order valence-electron chi connectivity index (χ0n) is 13.2. The van der Waals surface area contributed by atoms with Crippen LogP contribution in [0.1, 0.15) is 10.4 Å². The molecule has 8 nitrogen and oxygen atoms in total. The van der Waals surface area contributed by atoms with Crippen LogP contribution in [0.5, 0.6) is 0 Å². The average Bonchev–Trinajstić information content (AvgIpc) is 2.58. The largest absolute Gasteiger partial charge is 0.465 e. The fraction of sp³-hybridized carbons (Fsp3) is 0.200. The zero-order chi connectivity index (χ0) is 18.4. The van der Waals surface area contributed by atoms with Crippen molar-refractivity contribution in [3.8, 4) is 0 Å². The number of amides is 2. The second-order valence-corrected chi connectivity index (χ2v) is 5.71. The number of rotatable bonds is 6. The van der Waals surface area contributed by atoms with E-state index in [0.29, 0.717) is 11.3 Å². The van der Waals surface area contributed by atoms with Crippen LogP contribution in [0.4, 0.5) is 16.3 Å². The van der Waals surface area contributed by atoms with Crippen molar-refractivity contribution >= 4 is 46.7 Å². The van der Waals surface area contributed by atoms with Gasteiger partial charge in [-0.05, 0) is 23.7 Å². The number of para-hydroxylation sites is 1. The monoisotopic (exact) mass is 383 g/mol. The molecule has 2 amide bonds. The molecule has 0 spiro atoms. The minimum absolute atomic E-state index is 0.0190. The second kappa shape index (κ2) is 8.50. The van der Waals surface area contributed by atoms with Gasteiger partial charge in [-0.3, -0.25) is 4.79 Å². The fourth-order valence-corrected chi connectivity index (χ4v) is 2.15. The second-order valence-electron chi connectivity index (χ2n) is 4.97. The third-order valence-electron chi connectivity index (χ3n) is 3.20. The molecule has 0 aliphatic carbocycles. The summed E-state index contributed by atoms with van der Waals surface area (Å²) in [6.07, 6.45) is 0.288. The molecule has 0 bridgehead atoms. The van der Waals surface area contributed by atoms with Crippen molar-refractivity contribution in [1.82, 2.24) is 20.2 Å². The predicted octanol–water partition coefficient (Wildman–Crippen LogP) is 2.87. The van der Waals surface area contributed by atoms with E-state index < -0.39 is 6.09 Å². The van der Waals surface area contributed by atoms with Gasteiger partial charge in [-0.15, -0.1) is 0 Å². The number of halogens is 2. The first-order valence-electron chi connectivity index (χ1n) is 7.15.